The third-order valence-corrected chi connectivity index (χ3v) is 2.21. The van der Waals surface area contributed by atoms with Gasteiger partial charge >= 0.3 is 0 Å². The molecule has 0 heterocycles. The van der Waals surface area contributed by atoms with E-state index in [0.29, 0.717) is 17.7 Å². The molecule has 26 heavy (non-hydrogen) atoms. The molecule has 0 aromatic carbocycles. The quantitative estimate of drug-likeness (QED) is 0.673. The summed E-state index contributed by atoms with van der Waals surface area (Å²) in [5.41, 5.74) is 5.11. The SMILES string of the molecule is CC(C)C.CC(C)CC(=O)C(C)C.CC(C)N.CC(C)NC(=O)C(C)C. The monoisotopic (exact) mass is 374 g/mol. The van der Waals surface area contributed by atoms with Gasteiger partial charge < -0.3 is 11.1 Å². The number of rotatable bonds is 5. The smallest absolute Gasteiger partial charge is 0.222 e. The first-order valence-electron chi connectivity index (χ1n) is 10.1. The van der Waals surface area contributed by atoms with Crippen LogP contribution < -0.4 is 11.1 Å². The van der Waals surface area contributed by atoms with Crippen LogP contribution in [-0.4, -0.2) is 23.8 Å². The minimum Gasteiger partial charge on any atom is -0.354 e. The van der Waals surface area contributed by atoms with Crippen LogP contribution in [0.3, 0.4) is 0 Å². The first-order chi connectivity index (χ1) is 11.5. The van der Waals surface area contributed by atoms with Crippen LogP contribution in [0, 0.1) is 23.7 Å². The Morgan fingerprint density at radius 3 is 1.12 bits per heavy atom. The summed E-state index contributed by atoms with van der Waals surface area (Å²) in [7, 11) is 0. The molecule has 0 radical (unpaired) electrons. The molecule has 0 aliphatic carbocycles. The third kappa shape index (κ3) is 49.5. The zero-order valence-corrected chi connectivity index (χ0v) is 20.1. The van der Waals surface area contributed by atoms with E-state index in [9.17, 15) is 9.59 Å². The molecule has 0 spiro atoms. The van der Waals surface area contributed by atoms with Crippen LogP contribution >= 0.6 is 0 Å². The molecule has 0 saturated carbocycles. The first kappa shape index (κ1) is 32.7. The molecule has 0 saturated heterocycles. The van der Waals surface area contributed by atoms with Crippen LogP contribution in [0.25, 0.3) is 0 Å². The Hall–Kier alpha value is -0.900. The minimum absolute atomic E-state index is 0.104. The predicted molar refractivity (Wildman–Crippen MR) is 117 cm³/mol. The van der Waals surface area contributed by atoms with Crippen molar-refractivity contribution in [1.29, 1.82) is 0 Å². The van der Waals surface area contributed by atoms with E-state index in [1.54, 1.807) is 0 Å². The fourth-order valence-corrected chi connectivity index (χ4v) is 1.09. The van der Waals surface area contributed by atoms with Crippen molar-refractivity contribution < 1.29 is 9.59 Å². The molecule has 4 heteroatoms. The standard InChI is InChI=1S/C8H16O.C7H15NO.C4H10.C3H9N/c1-6(2)5-8(9)7(3)4;1-5(2)7(9)8-6(3)4;1-4(2)3;1-3(2)4/h6-7H,5H2,1-4H3;5-6H,1-4H3,(H,8,9);4H,1-3H3;3H,4H2,1-2H3. The Kier molecular flexibility index (Phi) is 25.7. The second-order valence-electron chi connectivity index (χ2n) is 9.01. The summed E-state index contributed by atoms with van der Waals surface area (Å²) in [6, 6.07) is 0.597. The Labute approximate surface area is 165 Å². The molecular weight excluding hydrogens is 324 g/mol. The van der Waals surface area contributed by atoms with Gasteiger partial charge in [0.25, 0.3) is 0 Å². The van der Waals surface area contributed by atoms with Crippen molar-refractivity contribution in [3.05, 3.63) is 0 Å². The average molecular weight is 375 g/mol. The van der Waals surface area contributed by atoms with Gasteiger partial charge in [-0.1, -0.05) is 76.2 Å². The lowest BCUT2D eigenvalue weighted by molar-refractivity contribution is -0.124. The summed E-state index contributed by atoms with van der Waals surface area (Å²) in [4.78, 5) is 21.8. The Morgan fingerprint density at radius 1 is 0.731 bits per heavy atom. The molecule has 0 rings (SSSR count). The number of amides is 1. The maximum Gasteiger partial charge on any atom is 0.222 e. The summed E-state index contributed by atoms with van der Waals surface area (Å²) >= 11 is 0. The molecule has 160 valence electrons. The van der Waals surface area contributed by atoms with Gasteiger partial charge in [-0.2, -0.15) is 0 Å². The second kappa shape index (κ2) is 20.4. The molecule has 0 aromatic rings. The minimum atomic E-state index is 0.104. The number of hydrogen-bond donors (Lipinski definition) is 2. The number of carbonyl (C=O) groups excluding carboxylic acids is 2. The summed E-state index contributed by atoms with van der Waals surface area (Å²) in [5.74, 6) is 2.18. The summed E-state index contributed by atoms with van der Waals surface area (Å²) in [6.07, 6.45) is 0.734. The van der Waals surface area contributed by atoms with Crippen molar-refractivity contribution in [3.63, 3.8) is 0 Å². The number of ketones is 1. The largest absolute Gasteiger partial charge is 0.354 e. The van der Waals surface area contributed by atoms with Gasteiger partial charge in [-0.05, 0) is 31.7 Å². The summed E-state index contributed by atoms with van der Waals surface area (Å²) in [6.45, 7) is 26.1. The highest BCUT2D eigenvalue weighted by Crippen LogP contribution is 2.06. The van der Waals surface area contributed by atoms with Crippen molar-refractivity contribution in [2.75, 3.05) is 0 Å². The maximum absolute atomic E-state index is 11.0. The van der Waals surface area contributed by atoms with Crippen LogP contribution in [0.1, 0.15) is 96.4 Å². The van der Waals surface area contributed by atoms with Crippen LogP contribution in [-0.2, 0) is 9.59 Å². The number of Topliss-reactive ketones (excluding diaryl/α,β-unsaturated/α-hetero) is 1. The highest BCUT2D eigenvalue weighted by atomic mass is 16.2. The van der Waals surface area contributed by atoms with E-state index in [4.69, 9.17) is 5.73 Å². The zero-order valence-electron chi connectivity index (χ0n) is 20.1. The van der Waals surface area contributed by atoms with E-state index in [2.05, 4.69) is 39.9 Å². The normalized spacial score (nSPS) is 10.2. The Morgan fingerprint density at radius 2 is 1.04 bits per heavy atom. The van der Waals surface area contributed by atoms with E-state index in [1.807, 2.05) is 55.4 Å². The van der Waals surface area contributed by atoms with Crippen molar-refractivity contribution in [3.8, 4) is 0 Å². The topological polar surface area (TPSA) is 72.2 Å². The van der Waals surface area contributed by atoms with Crippen LogP contribution in [0.5, 0.6) is 0 Å². The van der Waals surface area contributed by atoms with Gasteiger partial charge in [0.05, 0.1) is 0 Å². The molecule has 3 N–H and O–H groups in total. The van der Waals surface area contributed by atoms with Gasteiger partial charge in [0.2, 0.25) is 5.91 Å². The molecule has 0 bridgehead atoms. The molecule has 0 aromatic heterocycles. The molecule has 0 fully saturated rings. The second-order valence-corrected chi connectivity index (χ2v) is 9.01. The molecule has 0 aliphatic heterocycles. The van der Waals surface area contributed by atoms with E-state index < -0.39 is 0 Å². The fourth-order valence-electron chi connectivity index (χ4n) is 1.09. The molecule has 4 nitrogen and oxygen atoms in total. The van der Waals surface area contributed by atoms with Gasteiger partial charge in [0.15, 0.2) is 0 Å². The maximum atomic E-state index is 11.0. The summed E-state index contributed by atoms with van der Waals surface area (Å²) < 4.78 is 0. The average Bonchev–Trinajstić information content (AvgIpc) is 2.36. The Balaban J connectivity index is -0.000000134. The van der Waals surface area contributed by atoms with Gasteiger partial charge in [0, 0.05) is 24.3 Å². The van der Waals surface area contributed by atoms with Crippen molar-refractivity contribution >= 4 is 11.7 Å². The number of nitrogens with one attached hydrogen (secondary N) is 1. The zero-order chi connectivity index (χ0) is 22.0. The van der Waals surface area contributed by atoms with E-state index in [-0.39, 0.29) is 23.8 Å². The first-order valence-corrected chi connectivity index (χ1v) is 10.1. The van der Waals surface area contributed by atoms with E-state index in [1.165, 1.54) is 0 Å². The molecule has 1 amide bonds. The van der Waals surface area contributed by atoms with Crippen molar-refractivity contribution in [2.24, 2.45) is 29.4 Å². The lowest BCUT2D eigenvalue weighted by Gasteiger charge is -2.09. The van der Waals surface area contributed by atoms with Crippen LogP contribution in [0.15, 0.2) is 0 Å². The van der Waals surface area contributed by atoms with Gasteiger partial charge in [-0.15, -0.1) is 0 Å². The van der Waals surface area contributed by atoms with Gasteiger partial charge in [0.1, 0.15) is 5.78 Å². The molecule has 0 aliphatic rings. The highest BCUT2D eigenvalue weighted by molar-refractivity contribution is 5.80. The lowest BCUT2D eigenvalue weighted by atomic mass is 9.99. The predicted octanol–water partition coefficient (Wildman–Crippen LogP) is 5.44. The molecular formula is C22H50N2O2. The van der Waals surface area contributed by atoms with Gasteiger partial charge in [-0.3, -0.25) is 9.59 Å². The van der Waals surface area contributed by atoms with E-state index >= 15 is 0 Å². The molecule has 0 unspecified atom stereocenters. The van der Waals surface area contributed by atoms with Crippen molar-refractivity contribution in [1.82, 2.24) is 5.32 Å². The van der Waals surface area contributed by atoms with Gasteiger partial charge in [-0.25, -0.2) is 0 Å². The number of carbonyl (C=O) groups is 2. The van der Waals surface area contributed by atoms with Crippen molar-refractivity contribution in [2.45, 2.75) is 109 Å². The Bertz CT molecular complexity index is 283. The summed E-state index contributed by atoms with van der Waals surface area (Å²) in [5, 5.41) is 2.80. The molecule has 0 atom stereocenters. The number of nitrogens with two attached hydrogens (primary N) is 1. The number of hydrogen-bond acceptors (Lipinski definition) is 3. The third-order valence-electron chi connectivity index (χ3n) is 2.21. The van der Waals surface area contributed by atoms with Crippen LogP contribution in [0.2, 0.25) is 0 Å². The fraction of sp³-hybridized carbons (Fsp3) is 0.909. The highest BCUT2D eigenvalue weighted by Gasteiger charge is 2.08. The van der Waals surface area contributed by atoms with E-state index in [0.717, 1.165) is 12.3 Å². The lowest BCUT2D eigenvalue weighted by Crippen LogP contribution is -2.33. The van der Waals surface area contributed by atoms with Crippen LogP contribution in [0.4, 0.5) is 0 Å².